The molecule has 0 spiro atoms. The molecule has 0 saturated heterocycles. The monoisotopic (exact) mass is 447 g/mol. The van der Waals surface area contributed by atoms with Gasteiger partial charge in [0.2, 0.25) is 0 Å². The zero-order valence-corrected chi connectivity index (χ0v) is 18.4. The van der Waals surface area contributed by atoms with Crippen molar-refractivity contribution in [2.24, 2.45) is 0 Å². The molecule has 2 aromatic rings. The van der Waals surface area contributed by atoms with Gasteiger partial charge in [-0.15, -0.1) is 0 Å². The molecule has 12 heteroatoms. The van der Waals surface area contributed by atoms with Crippen molar-refractivity contribution in [2.45, 2.75) is 64.3 Å². The standard InChI is InChI=1S/C18H30N3O8P/c1-5-18(4,29-30(26,27)12(3)23)6-7-28-16(14(24)10-22)21-9-13-8-11(2)19-15(13)20-17(21)25/h8-9,12,14,16,22-24H,5-7,10H2,1-4H3,(H,26,27)(H,19,20,25)/t12?,14-,16-,18?/m1/s1. The Morgan fingerprint density at radius 2 is 2.07 bits per heavy atom. The SMILES string of the molecule is CCC(C)(CCO[C@H]([C@H](O)CO)n1cc2cc(C)[nH]c2nc1=O)OP(=O)(O)C(C)O. The highest BCUT2D eigenvalue weighted by Crippen LogP contribution is 2.51. The summed E-state index contributed by atoms with van der Waals surface area (Å²) in [4.78, 5) is 29.1. The van der Waals surface area contributed by atoms with Crippen LogP contribution in [0.2, 0.25) is 0 Å². The van der Waals surface area contributed by atoms with E-state index in [4.69, 9.17) is 9.26 Å². The third kappa shape index (κ3) is 5.76. The molecule has 2 aromatic heterocycles. The second kappa shape index (κ2) is 9.69. The summed E-state index contributed by atoms with van der Waals surface area (Å²) in [5, 5.41) is 29.7. The van der Waals surface area contributed by atoms with Crippen molar-refractivity contribution in [1.29, 1.82) is 0 Å². The predicted octanol–water partition coefficient (Wildman–Crippen LogP) is 1.00. The molecular weight excluding hydrogens is 417 g/mol. The summed E-state index contributed by atoms with van der Waals surface area (Å²) in [6.45, 7) is 5.60. The molecule has 0 aromatic carbocycles. The van der Waals surface area contributed by atoms with E-state index in [1.54, 1.807) is 19.9 Å². The lowest BCUT2D eigenvalue weighted by molar-refractivity contribution is -0.110. The van der Waals surface area contributed by atoms with Crippen LogP contribution in [0.4, 0.5) is 0 Å². The molecule has 0 saturated carbocycles. The van der Waals surface area contributed by atoms with Gasteiger partial charge in [-0.3, -0.25) is 9.13 Å². The average Bonchev–Trinajstić information content (AvgIpc) is 3.02. The molecule has 0 amide bonds. The van der Waals surface area contributed by atoms with Gasteiger partial charge in [0.25, 0.3) is 0 Å². The zero-order valence-electron chi connectivity index (χ0n) is 17.5. The minimum absolute atomic E-state index is 0.0669. The molecule has 0 fully saturated rings. The summed E-state index contributed by atoms with van der Waals surface area (Å²) in [6.07, 6.45) is -0.687. The van der Waals surface area contributed by atoms with Crippen molar-refractivity contribution < 1.29 is 34.0 Å². The fraction of sp³-hybridized carbons (Fsp3) is 0.667. The number of hydrogen-bond donors (Lipinski definition) is 5. The molecule has 0 aliphatic rings. The van der Waals surface area contributed by atoms with Crippen LogP contribution < -0.4 is 5.69 Å². The summed E-state index contributed by atoms with van der Waals surface area (Å²) in [5.74, 6) is -1.55. The van der Waals surface area contributed by atoms with Gasteiger partial charge in [0.15, 0.2) is 12.1 Å². The summed E-state index contributed by atoms with van der Waals surface area (Å²) in [7, 11) is -4.24. The van der Waals surface area contributed by atoms with Gasteiger partial charge in [0.1, 0.15) is 11.8 Å². The molecule has 0 radical (unpaired) electrons. The van der Waals surface area contributed by atoms with E-state index in [1.165, 1.54) is 13.1 Å². The highest BCUT2D eigenvalue weighted by Gasteiger charge is 2.37. The van der Waals surface area contributed by atoms with Crippen LogP contribution in [-0.4, -0.2) is 65.5 Å². The van der Waals surface area contributed by atoms with Crippen molar-refractivity contribution in [3.8, 4) is 0 Å². The highest BCUT2D eigenvalue weighted by molar-refractivity contribution is 7.53. The van der Waals surface area contributed by atoms with Gasteiger partial charge in [-0.2, -0.15) is 4.98 Å². The minimum Gasteiger partial charge on any atom is -0.394 e. The first-order chi connectivity index (χ1) is 13.9. The maximum absolute atomic E-state index is 12.4. The number of aryl methyl sites for hydroxylation is 1. The van der Waals surface area contributed by atoms with E-state index in [9.17, 15) is 29.6 Å². The van der Waals surface area contributed by atoms with Crippen LogP contribution >= 0.6 is 7.60 Å². The molecule has 170 valence electrons. The average molecular weight is 447 g/mol. The van der Waals surface area contributed by atoms with Crippen LogP contribution in [0.15, 0.2) is 17.1 Å². The van der Waals surface area contributed by atoms with Gasteiger partial charge in [0.05, 0.1) is 18.8 Å². The van der Waals surface area contributed by atoms with Crippen molar-refractivity contribution >= 4 is 18.6 Å². The third-order valence-electron chi connectivity index (χ3n) is 4.95. The lowest BCUT2D eigenvalue weighted by Gasteiger charge is -2.32. The summed E-state index contributed by atoms with van der Waals surface area (Å²) in [6, 6.07) is 1.78. The maximum atomic E-state index is 12.4. The molecule has 0 bridgehead atoms. The summed E-state index contributed by atoms with van der Waals surface area (Å²) >= 11 is 0. The topological polar surface area (TPSA) is 167 Å². The van der Waals surface area contributed by atoms with Gasteiger partial charge in [0, 0.05) is 23.7 Å². The normalized spacial score (nSPS) is 19.2. The number of aliphatic hydroxyl groups excluding tert-OH is 3. The van der Waals surface area contributed by atoms with E-state index < -0.39 is 43.7 Å². The number of hydrogen-bond acceptors (Lipinski definition) is 8. The lowest BCUT2D eigenvalue weighted by atomic mass is 10.0. The Kier molecular flexibility index (Phi) is 7.97. The smallest absolute Gasteiger partial charge is 0.356 e. The fourth-order valence-corrected chi connectivity index (χ4v) is 3.87. The first kappa shape index (κ1) is 24.7. The Morgan fingerprint density at radius 1 is 1.40 bits per heavy atom. The molecule has 5 atom stereocenters. The van der Waals surface area contributed by atoms with E-state index in [-0.39, 0.29) is 13.0 Å². The molecule has 2 heterocycles. The Balaban J connectivity index is 2.21. The van der Waals surface area contributed by atoms with E-state index in [1.807, 2.05) is 6.92 Å². The van der Waals surface area contributed by atoms with E-state index in [0.717, 1.165) is 10.3 Å². The number of fused-ring (bicyclic) bond motifs is 1. The summed E-state index contributed by atoms with van der Waals surface area (Å²) < 4.78 is 24.1. The van der Waals surface area contributed by atoms with Crippen LogP contribution in [0.5, 0.6) is 0 Å². The van der Waals surface area contributed by atoms with E-state index >= 15 is 0 Å². The van der Waals surface area contributed by atoms with Crippen LogP contribution in [0.3, 0.4) is 0 Å². The molecule has 3 unspecified atom stereocenters. The van der Waals surface area contributed by atoms with Gasteiger partial charge >= 0.3 is 13.3 Å². The number of aromatic nitrogens is 3. The summed E-state index contributed by atoms with van der Waals surface area (Å²) in [5.41, 5.74) is -0.571. The lowest BCUT2D eigenvalue weighted by Crippen LogP contribution is -2.38. The second-order valence-electron chi connectivity index (χ2n) is 7.54. The van der Waals surface area contributed by atoms with E-state index in [2.05, 4.69) is 9.97 Å². The Labute approximate surface area is 173 Å². The Bertz CT molecular complexity index is 959. The van der Waals surface area contributed by atoms with Crippen molar-refractivity contribution in [3.05, 3.63) is 28.4 Å². The number of nitrogens with one attached hydrogen (secondary N) is 1. The van der Waals surface area contributed by atoms with Crippen molar-refractivity contribution in [2.75, 3.05) is 13.2 Å². The highest BCUT2D eigenvalue weighted by atomic mass is 31.2. The van der Waals surface area contributed by atoms with Gasteiger partial charge in [-0.1, -0.05) is 6.92 Å². The van der Waals surface area contributed by atoms with Crippen LogP contribution in [-0.2, 0) is 13.8 Å². The largest absolute Gasteiger partial charge is 0.394 e. The number of H-pyrrole nitrogens is 1. The van der Waals surface area contributed by atoms with E-state index in [0.29, 0.717) is 17.5 Å². The van der Waals surface area contributed by atoms with Crippen molar-refractivity contribution in [3.63, 3.8) is 0 Å². The predicted molar refractivity (Wildman–Crippen MR) is 109 cm³/mol. The van der Waals surface area contributed by atoms with Crippen LogP contribution in [0.1, 0.15) is 45.5 Å². The number of rotatable bonds is 11. The second-order valence-corrected chi connectivity index (χ2v) is 9.60. The van der Waals surface area contributed by atoms with Gasteiger partial charge in [-0.25, -0.2) is 4.79 Å². The fourth-order valence-electron chi connectivity index (χ4n) is 2.87. The molecular formula is C18H30N3O8P. The third-order valence-corrected chi connectivity index (χ3v) is 6.60. The van der Waals surface area contributed by atoms with Gasteiger partial charge < -0.3 is 34.5 Å². The number of aromatic amines is 1. The Hall–Kier alpha value is -1.59. The van der Waals surface area contributed by atoms with Crippen LogP contribution in [0.25, 0.3) is 11.0 Å². The Morgan fingerprint density at radius 3 is 2.63 bits per heavy atom. The minimum atomic E-state index is -4.24. The number of ether oxygens (including phenoxy) is 1. The van der Waals surface area contributed by atoms with Gasteiger partial charge in [-0.05, 0) is 33.3 Å². The molecule has 0 aliphatic heterocycles. The number of nitrogens with zero attached hydrogens (tertiary/aromatic N) is 2. The molecule has 30 heavy (non-hydrogen) atoms. The molecule has 5 N–H and O–H groups in total. The molecule has 0 aliphatic carbocycles. The first-order valence-corrected chi connectivity index (χ1v) is 11.3. The van der Waals surface area contributed by atoms with Crippen molar-refractivity contribution in [1.82, 2.24) is 14.5 Å². The first-order valence-electron chi connectivity index (χ1n) is 9.62. The number of aliphatic hydroxyl groups is 3. The van der Waals surface area contributed by atoms with Crippen LogP contribution in [0, 0.1) is 6.92 Å². The molecule has 2 rings (SSSR count). The zero-order chi connectivity index (χ0) is 22.7. The maximum Gasteiger partial charge on any atom is 0.356 e. The quantitative estimate of drug-likeness (QED) is 0.316. The molecule has 11 nitrogen and oxygen atoms in total.